The molecule has 2 bridgehead atoms. The summed E-state index contributed by atoms with van der Waals surface area (Å²) in [4.78, 5) is 74.1. The number of amides is 4. The Morgan fingerprint density at radius 2 is 1.14 bits per heavy atom. The second-order valence-corrected chi connectivity index (χ2v) is 12.8. The minimum Gasteiger partial charge on any atom is -0.492 e. The standard InChI is InChI=1S/C33H33BrN2O8/c1-6-42-20-15-11-9-13-18(20)35-27(37)23-25(29(35)39)33(34)17(4)22(31(41)44-8-3)32(23,5)24-26(33)30(40)36(28(24)38)19-14-10-12-16-21(19)43-7-2/h9-16,23-26H,6-8H2,1-5H3/t23-,24-,25-,26-,32?,33?/m1/s1. The number of para-hydroxylation sites is 4. The average Bonchev–Trinajstić information content (AvgIpc) is 3.43. The molecule has 2 aliphatic heterocycles. The predicted molar refractivity (Wildman–Crippen MR) is 163 cm³/mol. The van der Waals surface area contributed by atoms with Gasteiger partial charge in [0.2, 0.25) is 23.6 Å². The van der Waals surface area contributed by atoms with E-state index in [0.29, 0.717) is 30.3 Å². The van der Waals surface area contributed by atoms with E-state index in [9.17, 15) is 24.0 Å². The van der Waals surface area contributed by atoms with Crippen LogP contribution in [-0.4, -0.2) is 53.7 Å². The Bertz CT molecular complexity index is 1560. The van der Waals surface area contributed by atoms with Crippen molar-refractivity contribution in [2.24, 2.45) is 29.1 Å². The lowest BCUT2D eigenvalue weighted by molar-refractivity contribution is -0.152. The van der Waals surface area contributed by atoms with Gasteiger partial charge < -0.3 is 14.2 Å². The van der Waals surface area contributed by atoms with Gasteiger partial charge in [0.25, 0.3) is 0 Å². The quantitative estimate of drug-likeness (QED) is 0.231. The number of imide groups is 2. The number of nitrogens with zero attached hydrogens (tertiary/aromatic N) is 2. The first-order chi connectivity index (χ1) is 21.0. The maximum Gasteiger partial charge on any atom is 0.334 e. The molecule has 11 heteroatoms. The highest BCUT2D eigenvalue weighted by Crippen LogP contribution is 2.73. The molecule has 0 spiro atoms. The molecule has 44 heavy (non-hydrogen) atoms. The van der Waals surface area contributed by atoms with Gasteiger partial charge in [-0.3, -0.25) is 19.2 Å². The first kappa shape index (κ1) is 30.1. The number of ether oxygens (including phenoxy) is 3. The van der Waals surface area contributed by atoms with Crippen molar-refractivity contribution in [2.75, 3.05) is 29.6 Å². The van der Waals surface area contributed by atoms with Crippen LogP contribution in [0.25, 0.3) is 0 Å². The number of carbonyl (C=O) groups excluding carboxylic acids is 5. The SMILES string of the molecule is CCOC(=O)C1=C(C)C2(Br)[C@H]3C(=O)N(c4ccccc4OCC)C(=O)[C@@H]3C1(C)[C@H]1C(=O)N(c3ccccc3OCC)C(=O)[C@@H]12. The lowest BCUT2D eigenvalue weighted by atomic mass is 9.43. The van der Waals surface area contributed by atoms with Crippen molar-refractivity contribution < 1.29 is 38.2 Å². The van der Waals surface area contributed by atoms with Crippen LogP contribution in [0.4, 0.5) is 11.4 Å². The monoisotopic (exact) mass is 664 g/mol. The molecule has 3 fully saturated rings. The number of allylic oxidation sites excluding steroid dienone is 1. The van der Waals surface area contributed by atoms with Crippen LogP contribution in [0.15, 0.2) is 59.7 Å². The van der Waals surface area contributed by atoms with Crippen molar-refractivity contribution >= 4 is 56.9 Å². The summed E-state index contributed by atoms with van der Waals surface area (Å²) in [5, 5.41) is 0. The number of halogens is 1. The van der Waals surface area contributed by atoms with Gasteiger partial charge in [-0.05, 0) is 57.5 Å². The Balaban J connectivity index is 1.58. The molecule has 4 amide bonds. The summed E-state index contributed by atoms with van der Waals surface area (Å²) in [5.41, 5.74) is -0.471. The van der Waals surface area contributed by atoms with E-state index in [-0.39, 0.29) is 23.6 Å². The fraction of sp³-hybridized carbons (Fsp3) is 0.424. The van der Waals surface area contributed by atoms with Gasteiger partial charge in [0, 0.05) is 11.0 Å². The molecule has 0 unspecified atom stereocenters. The minimum atomic E-state index is -1.55. The van der Waals surface area contributed by atoms with Crippen LogP contribution in [0, 0.1) is 29.1 Å². The van der Waals surface area contributed by atoms with E-state index in [1.807, 2.05) is 0 Å². The summed E-state index contributed by atoms with van der Waals surface area (Å²) < 4.78 is 15.5. The van der Waals surface area contributed by atoms with Crippen LogP contribution in [0.5, 0.6) is 11.5 Å². The van der Waals surface area contributed by atoms with Gasteiger partial charge >= 0.3 is 5.97 Å². The van der Waals surface area contributed by atoms with Gasteiger partial charge in [-0.2, -0.15) is 0 Å². The van der Waals surface area contributed by atoms with Crippen molar-refractivity contribution in [2.45, 2.75) is 38.9 Å². The highest BCUT2D eigenvalue weighted by molar-refractivity contribution is 9.10. The number of benzene rings is 2. The van der Waals surface area contributed by atoms with Crippen molar-refractivity contribution in [3.8, 4) is 11.5 Å². The lowest BCUT2D eigenvalue weighted by Gasteiger charge is -2.59. The van der Waals surface area contributed by atoms with E-state index in [1.165, 1.54) is 0 Å². The van der Waals surface area contributed by atoms with E-state index >= 15 is 0 Å². The highest BCUT2D eigenvalue weighted by Gasteiger charge is 2.82. The van der Waals surface area contributed by atoms with Gasteiger partial charge in [-0.15, -0.1) is 0 Å². The summed E-state index contributed by atoms with van der Waals surface area (Å²) in [7, 11) is 0. The normalized spacial score (nSPS) is 30.6. The average molecular weight is 666 g/mol. The Labute approximate surface area is 263 Å². The Morgan fingerprint density at radius 3 is 1.55 bits per heavy atom. The summed E-state index contributed by atoms with van der Waals surface area (Å²) in [6, 6.07) is 13.5. The molecule has 2 saturated heterocycles. The lowest BCUT2D eigenvalue weighted by Crippen LogP contribution is -2.67. The fourth-order valence-corrected chi connectivity index (χ4v) is 9.16. The molecule has 0 aromatic heterocycles. The van der Waals surface area contributed by atoms with E-state index < -0.39 is 63.0 Å². The zero-order valence-electron chi connectivity index (χ0n) is 25.1. The number of alkyl halides is 1. The number of rotatable bonds is 8. The first-order valence-electron chi connectivity index (χ1n) is 14.8. The van der Waals surface area contributed by atoms with Gasteiger partial charge in [0.15, 0.2) is 0 Å². The predicted octanol–water partition coefficient (Wildman–Crippen LogP) is 4.44. The Morgan fingerprint density at radius 1 is 0.727 bits per heavy atom. The van der Waals surface area contributed by atoms with E-state index in [1.54, 1.807) is 83.1 Å². The maximum atomic E-state index is 14.6. The molecule has 2 aromatic carbocycles. The van der Waals surface area contributed by atoms with Crippen LogP contribution < -0.4 is 19.3 Å². The van der Waals surface area contributed by atoms with Gasteiger partial charge in [-0.1, -0.05) is 47.1 Å². The van der Waals surface area contributed by atoms with Gasteiger partial charge in [-0.25, -0.2) is 14.6 Å². The van der Waals surface area contributed by atoms with Crippen LogP contribution in [0.1, 0.15) is 34.6 Å². The van der Waals surface area contributed by atoms with Crippen LogP contribution in [-0.2, 0) is 28.7 Å². The minimum absolute atomic E-state index is 0.0602. The number of anilines is 2. The molecule has 10 nitrogen and oxygen atoms in total. The van der Waals surface area contributed by atoms with Crippen LogP contribution in [0.3, 0.4) is 0 Å². The summed E-state index contributed by atoms with van der Waals surface area (Å²) >= 11 is 3.80. The third-order valence-corrected chi connectivity index (χ3v) is 11.2. The largest absolute Gasteiger partial charge is 0.492 e. The number of hydrogen-bond acceptors (Lipinski definition) is 8. The summed E-state index contributed by atoms with van der Waals surface area (Å²) in [6.07, 6.45) is 0. The highest BCUT2D eigenvalue weighted by atomic mass is 79.9. The molecule has 2 heterocycles. The van der Waals surface area contributed by atoms with Crippen molar-refractivity contribution in [3.63, 3.8) is 0 Å². The molecule has 7 rings (SSSR count). The first-order valence-corrected chi connectivity index (χ1v) is 15.6. The number of hydrogen-bond donors (Lipinski definition) is 0. The third-order valence-electron chi connectivity index (χ3n) is 9.59. The van der Waals surface area contributed by atoms with Crippen molar-refractivity contribution in [3.05, 3.63) is 59.7 Å². The summed E-state index contributed by atoms with van der Waals surface area (Å²) in [6.45, 7) is 9.26. The molecule has 230 valence electrons. The second-order valence-electron chi connectivity index (χ2n) is 11.5. The van der Waals surface area contributed by atoms with E-state index in [4.69, 9.17) is 14.2 Å². The zero-order chi connectivity index (χ0) is 31.7. The van der Waals surface area contributed by atoms with E-state index in [2.05, 4.69) is 15.9 Å². The molecule has 1 saturated carbocycles. The van der Waals surface area contributed by atoms with Crippen LogP contribution >= 0.6 is 15.9 Å². The number of carbonyl (C=O) groups is 5. The molecule has 5 aliphatic rings. The molecule has 4 atom stereocenters. The molecule has 3 aliphatic carbocycles. The van der Waals surface area contributed by atoms with E-state index in [0.717, 1.165) is 9.80 Å². The Kier molecular flexibility index (Phi) is 7.22. The smallest absolute Gasteiger partial charge is 0.334 e. The third kappa shape index (κ3) is 3.68. The molecule has 0 radical (unpaired) electrons. The topological polar surface area (TPSA) is 120 Å². The van der Waals surface area contributed by atoms with Crippen molar-refractivity contribution in [1.82, 2.24) is 0 Å². The van der Waals surface area contributed by atoms with Crippen molar-refractivity contribution in [1.29, 1.82) is 0 Å². The maximum absolute atomic E-state index is 14.6. The zero-order valence-corrected chi connectivity index (χ0v) is 26.7. The van der Waals surface area contributed by atoms with Gasteiger partial charge in [0.1, 0.15) is 11.5 Å². The van der Waals surface area contributed by atoms with Crippen LogP contribution in [0.2, 0.25) is 0 Å². The summed E-state index contributed by atoms with van der Waals surface area (Å²) in [5.74, 6) is -6.68. The van der Waals surface area contributed by atoms with Gasteiger partial charge in [0.05, 0.1) is 59.2 Å². The fourth-order valence-electron chi connectivity index (χ4n) is 8.04. The number of esters is 1. The molecular weight excluding hydrogens is 632 g/mol. The molecule has 0 N–H and O–H groups in total. The molecular formula is C33H33BrN2O8. The molecule has 2 aromatic rings. The Hall–Kier alpha value is -3.99. The second kappa shape index (κ2) is 10.6.